The molecule has 1 N–H and O–H groups in total. The molecule has 0 aliphatic heterocycles. The second-order valence-electron chi connectivity index (χ2n) is 6.77. The number of aromatic nitrogens is 5. The Morgan fingerprint density at radius 3 is 2.81 bits per heavy atom. The predicted molar refractivity (Wildman–Crippen MR) is 102 cm³/mol. The molecule has 0 radical (unpaired) electrons. The predicted octanol–water partition coefficient (Wildman–Crippen LogP) is 2.44. The van der Waals surface area contributed by atoms with E-state index < -0.39 is 0 Å². The lowest BCUT2D eigenvalue weighted by molar-refractivity contribution is 0.811. The van der Waals surface area contributed by atoms with Crippen LogP contribution in [0.4, 0.5) is 11.8 Å². The highest BCUT2D eigenvalue weighted by atomic mass is 15.3. The van der Waals surface area contributed by atoms with E-state index in [4.69, 9.17) is 9.97 Å². The Morgan fingerprint density at radius 2 is 2.08 bits per heavy atom. The number of nitrogens with one attached hydrogen (secondary N) is 1. The van der Waals surface area contributed by atoms with Crippen molar-refractivity contribution in [3.05, 3.63) is 47.7 Å². The van der Waals surface area contributed by atoms with Crippen LogP contribution >= 0.6 is 0 Å². The van der Waals surface area contributed by atoms with Crippen LogP contribution in [-0.4, -0.2) is 38.6 Å². The number of hydrogen-bond donors (Lipinski definition) is 1. The van der Waals surface area contributed by atoms with Crippen LogP contribution in [0.1, 0.15) is 23.4 Å². The molecule has 3 aromatic heterocycles. The summed E-state index contributed by atoms with van der Waals surface area (Å²) in [5.74, 6) is 2.60. The summed E-state index contributed by atoms with van der Waals surface area (Å²) < 4.78 is 2.09. The van der Waals surface area contributed by atoms with Crippen LogP contribution in [0.3, 0.4) is 0 Å². The lowest BCUT2D eigenvalue weighted by atomic mass is 10.2. The van der Waals surface area contributed by atoms with Gasteiger partial charge in [-0.2, -0.15) is 0 Å². The van der Waals surface area contributed by atoms with E-state index >= 15 is 0 Å². The fraction of sp³-hybridized carbons (Fsp3) is 0.368. The van der Waals surface area contributed by atoms with Gasteiger partial charge in [0.2, 0.25) is 5.95 Å². The first-order valence-corrected chi connectivity index (χ1v) is 8.85. The number of aryl methyl sites for hydroxylation is 1. The maximum atomic E-state index is 4.80. The molecule has 0 saturated carbocycles. The van der Waals surface area contributed by atoms with Gasteiger partial charge in [-0.05, 0) is 31.4 Å². The minimum absolute atomic E-state index is 0.674. The number of imidazole rings is 1. The zero-order valence-corrected chi connectivity index (χ0v) is 15.4. The second-order valence-corrected chi connectivity index (χ2v) is 6.77. The standard InChI is InChI=1S/C19H23N7/c1-25(2)19-22-12-14(26(19)3)11-21-18-15-7-4-8-16(15)23-17(24-18)13-6-5-9-20-10-13/h5-6,9-10,12H,4,7-8,11H2,1-3H3,(H,21,23,24). The first-order chi connectivity index (χ1) is 12.6. The zero-order chi connectivity index (χ0) is 18.1. The number of hydrogen-bond acceptors (Lipinski definition) is 6. The highest BCUT2D eigenvalue weighted by Gasteiger charge is 2.20. The Morgan fingerprint density at radius 1 is 1.19 bits per heavy atom. The molecule has 0 amide bonds. The van der Waals surface area contributed by atoms with E-state index in [1.54, 1.807) is 6.20 Å². The molecular formula is C19H23N7. The minimum Gasteiger partial charge on any atom is -0.364 e. The molecule has 0 aromatic carbocycles. The Bertz CT molecular complexity index is 915. The quantitative estimate of drug-likeness (QED) is 0.763. The van der Waals surface area contributed by atoms with Crippen LogP contribution in [0.15, 0.2) is 30.7 Å². The molecule has 0 fully saturated rings. The Balaban J connectivity index is 1.63. The molecule has 1 aliphatic carbocycles. The highest BCUT2D eigenvalue weighted by Crippen LogP contribution is 2.29. The van der Waals surface area contributed by atoms with E-state index in [9.17, 15) is 0 Å². The van der Waals surface area contributed by atoms with Crippen molar-refractivity contribution in [2.45, 2.75) is 25.8 Å². The van der Waals surface area contributed by atoms with Crippen molar-refractivity contribution >= 4 is 11.8 Å². The molecule has 3 heterocycles. The molecule has 0 atom stereocenters. The summed E-state index contributed by atoms with van der Waals surface area (Å²) in [5.41, 5.74) is 4.45. The topological polar surface area (TPSA) is 71.8 Å². The van der Waals surface area contributed by atoms with Crippen molar-refractivity contribution < 1.29 is 0 Å². The lowest BCUT2D eigenvalue weighted by Crippen LogP contribution is -2.15. The summed E-state index contributed by atoms with van der Waals surface area (Å²) >= 11 is 0. The molecule has 7 heteroatoms. The third-order valence-corrected chi connectivity index (χ3v) is 4.75. The van der Waals surface area contributed by atoms with Gasteiger partial charge in [0.25, 0.3) is 0 Å². The van der Waals surface area contributed by atoms with Crippen LogP contribution < -0.4 is 10.2 Å². The highest BCUT2D eigenvalue weighted by molar-refractivity contribution is 5.60. The van der Waals surface area contributed by atoms with E-state index in [2.05, 4.69) is 19.9 Å². The van der Waals surface area contributed by atoms with Crippen molar-refractivity contribution in [1.82, 2.24) is 24.5 Å². The van der Waals surface area contributed by atoms with E-state index in [1.807, 2.05) is 50.6 Å². The first-order valence-electron chi connectivity index (χ1n) is 8.85. The fourth-order valence-corrected chi connectivity index (χ4v) is 3.39. The van der Waals surface area contributed by atoms with E-state index in [0.29, 0.717) is 6.54 Å². The summed E-state index contributed by atoms with van der Waals surface area (Å²) in [6, 6.07) is 3.91. The second kappa shape index (κ2) is 6.74. The van der Waals surface area contributed by atoms with Crippen molar-refractivity contribution in [2.75, 3.05) is 24.3 Å². The number of anilines is 2. The van der Waals surface area contributed by atoms with Crippen LogP contribution in [0, 0.1) is 0 Å². The van der Waals surface area contributed by atoms with Crippen LogP contribution in [0.5, 0.6) is 0 Å². The van der Waals surface area contributed by atoms with Crippen molar-refractivity contribution in [3.63, 3.8) is 0 Å². The SMILES string of the molecule is CN(C)c1ncc(CNc2nc(-c3cccnc3)nc3c2CCC3)n1C. The molecule has 7 nitrogen and oxygen atoms in total. The Labute approximate surface area is 153 Å². The van der Waals surface area contributed by atoms with Gasteiger partial charge in [-0.25, -0.2) is 15.0 Å². The maximum absolute atomic E-state index is 4.80. The molecule has 134 valence electrons. The third-order valence-electron chi connectivity index (χ3n) is 4.75. The number of nitrogens with zero attached hydrogens (tertiary/aromatic N) is 6. The van der Waals surface area contributed by atoms with E-state index in [1.165, 1.54) is 5.56 Å². The van der Waals surface area contributed by atoms with Crippen molar-refractivity contribution in [1.29, 1.82) is 0 Å². The van der Waals surface area contributed by atoms with Crippen LogP contribution in [-0.2, 0) is 26.4 Å². The average molecular weight is 349 g/mol. The van der Waals surface area contributed by atoms with Gasteiger partial charge in [0, 0.05) is 50.4 Å². The van der Waals surface area contributed by atoms with Gasteiger partial charge in [0.05, 0.1) is 18.4 Å². The van der Waals surface area contributed by atoms with Gasteiger partial charge < -0.3 is 14.8 Å². The lowest BCUT2D eigenvalue weighted by Gasteiger charge is -2.14. The smallest absolute Gasteiger partial charge is 0.204 e. The van der Waals surface area contributed by atoms with E-state index in [-0.39, 0.29) is 0 Å². The van der Waals surface area contributed by atoms with Crippen LogP contribution in [0.25, 0.3) is 11.4 Å². The van der Waals surface area contributed by atoms with Gasteiger partial charge in [-0.15, -0.1) is 0 Å². The van der Waals surface area contributed by atoms with Gasteiger partial charge in [-0.3, -0.25) is 4.98 Å². The average Bonchev–Trinajstić information content (AvgIpc) is 3.27. The van der Waals surface area contributed by atoms with Crippen molar-refractivity contribution in [2.24, 2.45) is 7.05 Å². The molecule has 0 spiro atoms. The molecule has 3 aromatic rings. The number of rotatable bonds is 5. The third kappa shape index (κ3) is 3.00. The molecule has 0 bridgehead atoms. The molecule has 26 heavy (non-hydrogen) atoms. The van der Waals surface area contributed by atoms with Crippen molar-refractivity contribution in [3.8, 4) is 11.4 Å². The summed E-state index contributed by atoms with van der Waals surface area (Å²) in [5, 5.41) is 3.51. The van der Waals surface area contributed by atoms with Gasteiger partial charge in [-0.1, -0.05) is 0 Å². The molecule has 0 unspecified atom stereocenters. The van der Waals surface area contributed by atoms with E-state index in [0.717, 1.165) is 53.8 Å². The fourth-order valence-electron chi connectivity index (χ4n) is 3.39. The summed E-state index contributed by atoms with van der Waals surface area (Å²) in [4.78, 5) is 20.2. The Kier molecular flexibility index (Phi) is 4.28. The first kappa shape index (κ1) is 16.5. The van der Waals surface area contributed by atoms with Gasteiger partial charge >= 0.3 is 0 Å². The molecule has 1 aliphatic rings. The largest absolute Gasteiger partial charge is 0.364 e. The molecule has 0 saturated heterocycles. The number of fused-ring (bicyclic) bond motifs is 1. The summed E-state index contributed by atoms with van der Waals surface area (Å²) in [6.07, 6.45) is 8.65. The minimum atomic E-state index is 0.674. The zero-order valence-electron chi connectivity index (χ0n) is 15.4. The van der Waals surface area contributed by atoms with Gasteiger partial charge in [0.1, 0.15) is 5.82 Å². The summed E-state index contributed by atoms with van der Waals surface area (Å²) in [6.45, 7) is 0.674. The summed E-state index contributed by atoms with van der Waals surface area (Å²) in [7, 11) is 6.03. The normalized spacial score (nSPS) is 12.9. The van der Waals surface area contributed by atoms with Crippen LogP contribution in [0.2, 0.25) is 0 Å². The maximum Gasteiger partial charge on any atom is 0.204 e. The van der Waals surface area contributed by atoms with Gasteiger partial charge in [0.15, 0.2) is 5.82 Å². The monoisotopic (exact) mass is 349 g/mol. The molecular weight excluding hydrogens is 326 g/mol. The molecule has 4 rings (SSSR count). The Hall–Kier alpha value is -2.96. The number of pyridine rings is 1.